The van der Waals surface area contributed by atoms with Crippen molar-refractivity contribution in [3.8, 4) is 17.2 Å². The topological polar surface area (TPSA) is 91.7 Å². The van der Waals surface area contributed by atoms with Gasteiger partial charge in [0.25, 0.3) is 5.91 Å². The van der Waals surface area contributed by atoms with Crippen LogP contribution in [0.1, 0.15) is 24.3 Å². The zero-order valence-corrected chi connectivity index (χ0v) is 17.0. The number of ether oxygens (including phenoxy) is 3. The average molecular weight is 409 g/mol. The Bertz CT molecular complexity index is 1020. The first-order valence-electron chi connectivity index (χ1n) is 9.46. The van der Waals surface area contributed by atoms with E-state index in [2.05, 4.69) is 10.4 Å². The molecule has 1 heterocycles. The van der Waals surface area contributed by atoms with Gasteiger partial charge in [0.15, 0.2) is 11.9 Å². The van der Waals surface area contributed by atoms with Crippen molar-refractivity contribution in [2.45, 2.75) is 20.0 Å². The molecule has 0 fully saturated rings. The highest BCUT2D eigenvalue weighted by Gasteiger charge is 2.25. The Morgan fingerprint density at radius 3 is 2.47 bits per heavy atom. The van der Waals surface area contributed by atoms with Gasteiger partial charge in [0.1, 0.15) is 5.75 Å². The Morgan fingerprint density at radius 2 is 1.77 bits per heavy atom. The normalized spacial score (nSPS) is 11.4. The third-order valence-corrected chi connectivity index (χ3v) is 4.21. The quantitative estimate of drug-likeness (QED) is 0.573. The van der Waals surface area contributed by atoms with Crippen molar-refractivity contribution in [1.29, 1.82) is 0 Å². The summed E-state index contributed by atoms with van der Waals surface area (Å²) in [5.74, 6) is -0.465. The van der Waals surface area contributed by atoms with E-state index >= 15 is 0 Å². The molecule has 156 valence electrons. The number of hydrogen-bond donors (Lipinski definition) is 1. The second-order valence-corrected chi connectivity index (χ2v) is 6.29. The highest BCUT2D eigenvalue weighted by atomic mass is 16.6. The zero-order valence-electron chi connectivity index (χ0n) is 17.0. The van der Waals surface area contributed by atoms with Gasteiger partial charge in [0.2, 0.25) is 5.69 Å². The lowest BCUT2D eigenvalue weighted by Crippen LogP contribution is -2.30. The first-order chi connectivity index (χ1) is 14.5. The van der Waals surface area contributed by atoms with Gasteiger partial charge in [0, 0.05) is 0 Å². The number of hydrogen-bond acceptors (Lipinski definition) is 6. The molecule has 0 aliphatic heterocycles. The number of nitrogens with zero attached hydrogens (tertiary/aromatic N) is 2. The van der Waals surface area contributed by atoms with Crippen LogP contribution in [0.15, 0.2) is 60.8 Å². The van der Waals surface area contributed by atoms with Crippen LogP contribution in [-0.4, -0.2) is 41.5 Å². The van der Waals surface area contributed by atoms with Gasteiger partial charge in [-0.2, -0.15) is 5.10 Å². The van der Waals surface area contributed by atoms with Gasteiger partial charge in [-0.15, -0.1) is 0 Å². The number of amides is 1. The van der Waals surface area contributed by atoms with Crippen molar-refractivity contribution in [2.24, 2.45) is 0 Å². The van der Waals surface area contributed by atoms with E-state index in [0.29, 0.717) is 18.0 Å². The standard InChI is InChI=1S/C22H23N3O5/c1-4-29-18-13-9-8-12-17(18)23-21(26)15(2)30-22(27)20-19(28-3)14-25(24-20)16-10-6-5-7-11-16/h5-15H,4H2,1-3H3,(H,23,26)/t15-/m0/s1. The van der Waals surface area contributed by atoms with E-state index in [1.807, 2.05) is 37.3 Å². The minimum Gasteiger partial charge on any atom is -0.493 e. The first kappa shape index (κ1) is 20.9. The van der Waals surface area contributed by atoms with Crippen LogP contribution in [0.3, 0.4) is 0 Å². The van der Waals surface area contributed by atoms with Crippen molar-refractivity contribution >= 4 is 17.6 Å². The molecule has 1 amide bonds. The van der Waals surface area contributed by atoms with Crippen LogP contribution in [0.2, 0.25) is 0 Å². The van der Waals surface area contributed by atoms with Gasteiger partial charge in [0.05, 0.1) is 31.3 Å². The third-order valence-electron chi connectivity index (χ3n) is 4.21. The van der Waals surface area contributed by atoms with Crippen molar-refractivity contribution < 1.29 is 23.8 Å². The maximum Gasteiger partial charge on any atom is 0.363 e. The number of esters is 1. The van der Waals surface area contributed by atoms with Crippen LogP contribution in [0.4, 0.5) is 5.69 Å². The van der Waals surface area contributed by atoms with Crippen molar-refractivity contribution in [2.75, 3.05) is 19.0 Å². The molecule has 2 aromatic carbocycles. The van der Waals surface area contributed by atoms with Crippen LogP contribution in [-0.2, 0) is 9.53 Å². The molecule has 0 saturated carbocycles. The van der Waals surface area contributed by atoms with E-state index in [1.165, 1.54) is 18.7 Å². The number of methoxy groups -OCH3 is 1. The summed E-state index contributed by atoms with van der Waals surface area (Å²) in [5, 5.41) is 6.97. The molecular formula is C22H23N3O5. The summed E-state index contributed by atoms with van der Waals surface area (Å²) in [6.45, 7) is 3.80. The lowest BCUT2D eigenvalue weighted by atomic mass is 10.2. The van der Waals surface area contributed by atoms with Gasteiger partial charge >= 0.3 is 5.97 Å². The number of anilines is 1. The molecule has 1 N–H and O–H groups in total. The minimum atomic E-state index is -1.06. The van der Waals surface area contributed by atoms with Crippen molar-refractivity contribution in [3.63, 3.8) is 0 Å². The molecule has 8 nitrogen and oxygen atoms in total. The Balaban J connectivity index is 1.71. The van der Waals surface area contributed by atoms with E-state index in [1.54, 1.807) is 30.5 Å². The molecule has 0 aliphatic carbocycles. The number of nitrogens with one attached hydrogen (secondary N) is 1. The SMILES string of the molecule is CCOc1ccccc1NC(=O)[C@H](C)OC(=O)c1nn(-c2ccccc2)cc1OC. The number of aromatic nitrogens is 2. The minimum absolute atomic E-state index is 0.0179. The predicted octanol–water partition coefficient (Wildman–Crippen LogP) is 3.46. The fraction of sp³-hybridized carbons (Fsp3) is 0.227. The van der Waals surface area contributed by atoms with Gasteiger partial charge in [-0.1, -0.05) is 30.3 Å². The smallest absolute Gasteiger partial charge is 0.363 e. The van der Waals surface area contributed by atoms with Gasteiger partial charge in [-0.25, -0.2) is 9.48 Å². The molecule has 0 bridgehead atoms. The molecule has 0 aliphatic rings. The summed E-state index contributed by atoms with van der Waals surface area (Å²) in [7, 11) is 1.43. The molecule has 8 heteroatoms. The summed E-state index contributed by atoms with van der Waals surface area (Å²) >= 11 is 0. The molecule has 1 atom stereocenters. The summed E-state index contributed by atoms with van der Waals surface area (Å²) in [4.78, 5) is 25.1. The number of para-hydroxylation sites is 3. The summed E-state index contributed by atoms with van der Waals surface area (Å²) in [5.41, 5.74) is 1.24. The molecule has 1 aromatic heterocycles. The molecule has 0 radical (unpaired) electrons. The number of benzene rings is 2. The highest BCUT2D eigenvalue weighted by Crippen LogP contribution is 2.24. The maximum absolute atomic E-state index is 12.6. The third kappa shape index (κ3) is 4.78. The Hall–Kier alpha value is -3.81. The van der Waals surface area contributed by atoms with Crippen molar-refractivity contribution in [3.05, 3.63) is 66.5 Å². The number of rotatable bonds is 8. The summed E-state index contributed by atoms with van der Waals surface area (Å²) in [6.07, 6.45) is 0.522. The monoisotopic (exact) mass is 409 g/mol. The molecule has 0 spiro atoms. The Morgan fingerprint density at radius 1 is 1.07 bits per heavy atom. The van der Waals surface area contributed by atoms with Gasteiger partial charge in [-0.3, -0.25) is 4.79 Å². The number of carbonyl (C=O) groups is 2. The molecular weight excluding hydrogens is 386 g/mol. The highest BCUT2D eigenvalue weighted by molar-refractivity contribution is 5.98. The van der Waals surface area contributed by atoms with E-state index in [-0.39, 0.29) is 11.4 Å². The lowest BCUT2D eigenvalue weighted by molar-refractivity contribution is -0.123. The first-order valence-corrected chi connectivity index (χ1v) is 9.46. The fourth-order valence-electron chi connectivity index (χ4n) is 2.72. The van der Waals surface area contributed by atoms with E-state index in [4.69, 9.17) is 14.2 Å². The van der Waals surface area contributed by atoms with Crippen LogP contribution in [0, 0.1) is 0 Å². The summed E-state index contributed by atoms with van der Waals surface area (Å²) in [6, 6.07) is 16.3. The zero-order chi connectivity index (χ0) is 21.5. The lowest BCUT2D eigenvalue weighted by Gasteiger charge is -2.15. The Labute approximate surface area is 174 Å². The van der Waals surface area contributed by atoms with Crippen LogP contribution < -0.4 is 14.8 Å². The van der Waals surface area contributed by atoms with Crippen LogP contribution in [0.25, 0.3) is 5.69 Å². The van der Waals surface area contributed by atoms with Crippen LogP contribution >= 0.6 is 0 Å². The Kier molecular flexibility index (Phi) is 6.69. The van der Waals surface area contributed by atoms with Gasteiger partial charge in [-0.05, 0) is 38.1 Å². The number of carbonyl (C=O) groups excluding carboxylic acids is 2. The largest absolute Gasteiger partial charge is 0.493 e. The van der Waals surface area contributed by atoms with E-state index < -0.39 is 18.0 Å². The maximum atomic E-state index is 12.6. The predicted molar refractivity (Wildman–Crippen MR) is 111 cm³/mol. The fourth-order valence-corrected chi connectivity index (χ4v) is 2.72. The van der Waals surface area contributed by atoms with E-state index in [0.717, 1.165) is 5.69 Å². The van der Waals surface area contributed by atoms with Crippen LogP contribution in [0.5, 0.6) is 11.5 Å². The molecule has 3 aromatic rings. The summed E-state index contributed by atoms with van der Waals surface area (Å²) < 4.78 is 17.6. The second kappa shape index (κ2) is 9.60. The molecule has 0 saturated heterocycles. The van der Waals surface area contributed by atoms with Crippen molar-refractivity contribution in [1.82, 2.24) is 9.78 Å². The molecule has 30 heavy (non-hydrogen) atoms. The average Bonchev–Trinajstić information content (AvgIpc) is 3.20. The second-order valence-electron chi connectivity index (χ2n) is 6.29. The molecule has 0 unspecified atom stereocenters. The molecule has 3 rings (SSSR count). The van der Waals surface area contributed by atoms with E-state index in [9.17, 15) is 9.59 Å². The van der Waals surface area contributed by atoms with Gasteiger partial charge < -0.3 is 19.5 Å².